The van der Waals surface area contributed by atoms with Crippen molar-refractivity contribution in [3.63, 3.8) is 0 Å². The maximum atomic E-state index is 11.6. The monoisotopic (exact) mass is 242 g/mol. The average Bonchev–Trinajstić information content (AvgIpc) is 2.37. The number of hydrogen-bond acceptors (Lipinski definition) is 5. The minimum absolute atomic E-state index is 0.0255. The van der Waals surface area contributed by atoms with E-state index in [-0.39, 0.29) is 6.10 Å². The summed E-state index contributed by atoms with van der Waals surface area (Å²) >= 11 is 0. The van der Waals surface area contributed by atoms with Crippen molar-refractivity contribution >= 4 is 11.9 Å². The highest BCUT2D eigenvalue weighted by atomic mass is 16.5. The topological polar surface area (TPSA) is 61.8 Å². The Bertz CT molecular complexity index is 332. The Kier molecular flexibility index (Phi) is 5.15. The number of esters is 2. The van der Waals surface area contributed by atoms with Crippen molar-refractivity contribution in [1.29, 1.82) is 0 Å². The molecule has 0 heterocycles. The molecule has 0 fully saturated rings. The first kappa shape index (κ1) is 13.7. The second-order valence-electron chi connectivity index (χ2n) is 3.76. The lowest BCUT2D eigenvalue weighted by atomic mass is 9.89. The molecule has 0 N–H and O–H groups in total. The van der Waals surface area contributed by atoms with Crippen LogP contribution in [0.25, 0.3) is 0 Å². The fraction of sp³-hybridized carbons (Fsp3) is 0.667. The second-order valence-corrected chi connectivity index (χ2v) is 3.76. The summed E-state index contributed by atoms with van der Waals surface area (Å²) in [5.74, 6) is -0.935. The Morgan fingerprint density at radius 2 is 1.76 bits per heavy atom. The van der Waals surface area contributed by atoms with Crippen LogP contribution in [0.3, 0.4) is 0 Å². The molecule has 17 heavy (non-hydrogen) atoms. The first-order valence-electron chi connectivity index (χ1n) is 5.64. The molecule has 0 saturated heterocycles. The van der Waals surface area contributed by atoms with Gasteiger partial charge in [-0.1, -0.05) is 0 Å². The van der Waals surface area contributed by atoms with Crippen molar-refractivity contribution in [2.24, 2.45) is 0 Å². The summed E-state index contributed by atoms with van der Waals surface area (Å²) in [5.41, 5.74) is 0.791. The lowest BCUT2D eigenvalue weighted by Gasteiger charge is -2.24. The molecule has 1 aliphatic carbocycles. The summed E-state index contributed by atoms with van der Waals surface area (Å²) in [7, 11) is 2.60. The quantitative estimate of drug-likeness (QED) is 0.693. The van der Waals surface area contributed by atoms with Crippen molar-refractivity contribution in [2.75, 3.05) is 20.8 Å². The molecule has 0 bridgehead atoms. The van der Waals surface area contributed by atoms with Gasteiger partial charge in [-0.3, -0.25) is 0 Å². The van der Waals surface area contributed by atoms with Gasteiger partial charge in [0, 0.05) is 18.6 Å². The van der Waals surface area contributed by atoms with E-state index in [1.54, 1.807) is 0 Å². The van der Waals surface area contributed by atoms with E-state index in [1.165, 1.54) is 14.2 Å². The van der Waals surface area contributed by atoms with E-state index >= 15 is 0 Å². The molecule has 1 rings (SSSR count). The zero-order valence-corrected chi connectivity index (χ0v) is 10.4. The lowest BCUT2D eigenvalue weighted by molar-refractivity contribution is -0.140. The number of hydrogen-bond donors (Lipinski definition) is 0. The van der Waals surface area contributed by atoms with Gasteiger partial charge in [0.15, 0.2) is 0 Å². The van der Waals surface area contributed by atoms with Gasteiger partial charge in [0.05, 0.1) is 25.9 Å². The molecule has 0 saturated carbocycles. The summed E-state index contributed by atoms with van der Waals surface area (Å²) in [6.07, 6.45) is 1.59. The van der Waals surface area contributed by atoms with E-state index in [4.69, 9.17) is 4.74 Å². The van der Waals surface area contributed by atoms with Crippen LogP contribution < -0.4 is 0 Å². The third-order valence-corrected chi connectivity index (χ3v) is 2.78. The van der Waals surface area contributed by atoms with Crippen molar-refractivity contribution in [1.82, 2.24) is 0 Å². The molecular weight excluding hydrogens is 224 g/mol. The third kappa shape index (κ3) is 3.30. The summed E-state index contributed by atoms with van der Waals surface area (Å²) in [5, 5.41) is 0. The molecule has 1 aliphatic rings. The van der Waals surface area contributed by atoms with Crippen LogP contribution in [-0.2, 0) is 23.8 Å². The summed E-state index contributed by atoms with van der Waals surface area (Å²) in [4.78, 5) is 23.1. The molecule has 0 amide bonds. The maximum Gasteiger partial charge on any atom is 0.334 e. The first-order valence-corrected chi connectivity index (χ1v) is 5.64. The van der Waals surface area contributed by atoms with E-state index in [1.807, 2.05) is 6.92 Å². The molecule has 0 spiro atoms. The minimum Gasteiger partial charge on any atom is -0.466 e. The Morgan fingerprint density at radius 1 is 1.18 bits per heavy atom. The zero-order chi connectivity index (χ0) is 12.8. The van der Waals surface area contributed by atoms with E-state index in [2.05, 4.69) is 9.47 Å². The van der Waals surface area contributed by atoms with Gasteiger partial charge in [0.25, 0.3) is 0 Å². The second kappa shape index (κ2) is 6.39. The fourth-order valence-corrected chi connectivity index (χ4v) is 1.97. The van der Waals surface area contributed by atoms with Gasteiger partial charge in [0.2, 0.25) is 0 Å². The van der Waals surface area contributed by atoms with Crippen LogP contribution in [0.2, 0.25) is 0 Å². The Balaban J connectivity index is 2.93. The lowest BCUT2D eigenvalue weighted by Crippen LogP contribution is -2.26. The van der Waals surface area contributed by atoms with Crippen LogP contribution in [0.15, 0.2) is 11.1 Å². The predicted molar refractivity (Wildman–Crippen MR) is 60.3 cm³/mol. The zero-order valence-electron chi connectivity index (χ0n) is 10.4. The molecule has 1 unspecified atom stereocenters. The van der Waals surface area contributed by atoms with Crippen molar-refractivity contribution < 1.29 is 23.8 Å². The van der Waals surface area contributed by atoms with Gasteiger partial charge in [-0.15, -0.1) is 0 Å². The number of ether oxygens (including phenoxy) is 3. The smallest absolute Gasteiger partial charge is 0.334 e. The van der Waals surface area contributed by atoms with Crippen molar-refractivity contribution in [3.8, 4) is 0 Å². The van der Waals surface area contributed by atoms with Crippen LogP contribution in [0.4, 0.5) is 0 Å². The van der Waals surface area contributed by atoms with Crippen LogP contribution in [-0.4, -0.2) is 38.9 Å². The molecule has 0 aromatic heterocycles. The van der Waals surface area contributed by atoms with E-state index < -0.39 is 11.9 Å². The molecule has 0 radical (unpaired) electrons. The van der Waals surface area contributed by atoms with Gasteiger partial charge in [-0.05, 0) is 19.8 Å². The number of carbonyl (C=O) groups excluding carboxylic acids is 2. The van der Waals surface area contributed by atoms with Gasteiger partial charge in [-0.25, -0.2) is 9.59 Å². The SMILES string of the molecule is CCOC1CCC(C(=O)OC)=C(C(=O)OC)C1. The molecule has 1 atom stereocenters. The number of rotatable bonds is 4. The largest absolute Gasteiger partial charge is 0.466 e. The highest BCUT2D eigenvalue weighted by Crippen LogP contribution is 2.28. The van der Waals surface area contributed by atoms with Crippen molar-refractivity contribution in [3.05, 3.63) is 11.1 Å². The molecule has 5 heteroatoms. The Labute approximate surface area is 101 Å². The van der Waals surface area contributed by atoms with Crippen molar-refractivity contribution in [2.45, 2.75) is 32.3 Å². The van der Waals surface area contributed by atoms with Gasteiger partial charge >= 0.3 is 11.9 Å². The minimum atomic E-state index is -0.477. The molecule has 5 nitrogen and oxygen atoms in total. The number of carbonyl (C=O) groups is 2. The molecule has 0 aromatic rings. The summed E-state index contributed by atoms with van der Waals surface area (Å²) in [6.45, 7) is 2.49. The molecule has 0 aliphatic heterocycles. The summed E-state index contributed by atoms with van der Waals surface area (Å²) in [6, 6.07) is 0. The van der Waals surface area contributed by atoms with Gasteiger partial charge in [-0.2, -0.15) is 0 Å². The number of methoxy groups -OCH3 is 2. The molecular formula is C12H18O5. The summed E-state index contributed by atoms with van der Waals surface area (Å²) < 4.78 is 14.8. The van der Waals surface area contributed by atoms with Gasteiger partial charge in [0.1, 0.15) is 0 Å². The van der Waals surface area contributed by atoms with E-state index in [0.717, 1.165) is 6.42 Å². The van der Waals surface area contributed by atoms with Crippen LogP contribution >= 0.6 is 0 Å². The maximum absolute atomic E-state index is 11.6. The van der Waals surface area contributed by atoms with Crippen LogP contribution in [0.5, 0.6) is 0 Å². The van der Waals surface area contributed by atoms with E-state index in [9.17, 15) is 9.59 Å². The van der Waals surface area contributed by atoms with Crippen LogP contribution in [0, 0.1) is 0 Å². The fourth-order valence-electron chi connectivity index (χ4n) is 1.97. The highest BCUT2D eigenvalue weighted by Gasteiger charge is 2.30. The molecule has 0 aromatic carbocycles. The first-order chi connectivity index (χ1) is 8.13. The standard InChI is InChI=1S/C12H18O5/c1-4-17-8-5-6-9(11(13)15-2)10(7-8)12(14)16-3/h8H,4-7H2,1-3H3. The average molecular weight is 242 g/mol. The van der Waals surface area contributed by atoms with Gasteiger partial charge < -0.3 is 14.2 Å². The predicted octanol–water partition coefficient (Wildman–Crippen LogP) is 1.22. The van der Waals surface area contributed by atoms with E-state index in [0.29, 0.717) is 30.6 Å². The normalized spacial score (nSPS) is 20.1. The Hall–Kier alpha value is -1.36. The Morgan fingerprint density at radius 3 is 2.29 bits per heavy atom. The van der Waals surface area contributed by atoms with Crippen LogP contribution in [0.1, 0.15) is 26.2 Å². The highest BCUT2D eigenvalue weighted by molar-refractivity contribution is 6.00. The third-order valence-electron chi connectivity index (χ3n) is 2.78. The molecule has 96 valence electrons.